The van der Waals surface area contributed by atoms with Crippen molar-refractivity contribution in [2.24, 2.45) is 0 Å². The summed E-state index contributed by atoms with van der Waals surface area (Å²) in [7, 11) is 0. The van der Waals surface area contributed by atoms with Crippen LogP contribution < -0.4 is 5.32 Å². The first-order valence-corrected chi connectivity index (χ1v) is 6.58. The van der Waals surface area contributed by atoms with Crippen LogP contribution in [-0.4, -0.2) is 41.2 Å². The quantitative estimate of drug-likeness (QED) is 0.906. The average Bonchev–Trinajstić information content (AvgIpc) is 3.07. The van der Waals surface area contributed by atoms with Crippen LogP contribution in [-0.2, 0) is 0 Å². The number of nitrogens with one attached hydrogen (secondary N) is 1. The Bertz CT molecular complexity index is 542. The standard InChI is InChI=1S/C13H18N4O2/c1-9-7-11(8-18-9)13-15-12(16-19-13)10(2)17-5-3-14-4-6-17/h7-8,10,14H,3-6H2,1-2H3. The number of rotatable bonds is 3. The minimum absolute atomic E-state index is 0.174. The first-order valence-electron chi connectivity index (χ1n) is 6.58. The number of aromatic nitrogens is 2. The molecule has 0 aliphatic carbocycles. The van der Waals surface area contributed by atoms with E-state index in [1.165, 1.54) is 0 Å². The highest BCUT2D eigenvalue weighted by Crippen LogP contribution is 2.23. The molecule has 3 heterocycles. The fourth-order valence-corrected chi connectivity index (χ4v) is 2.31. The van der Waals surface area contributed by atoms with Crippen LogP contribution >= 0.6 is 0 Å². The molecule has 1 unspecified atom stereocenters. The van der Waals surface area contributed by atoms with Crippen molar-refractivity contribution in [3.63, 3.8) is 0 Å². The number of hydrogen-bond donors (Lipinski definition) is 1. The third kappa shape index (κ3) is 2.54. The smallest absolute Gasteiger partial charge is 0.261 e. The van der Waals surface area contributed by atoms with E-state index in [-0.39, 0.29) is 6.04 Å². The molecule has 0 bridgehead atoms. The molecule has 0 aromatic carbocycles. The van der Waals surface area contributed by atoms with Gasteiger partial charge >= 0.3 is 0 Å². The third-order valence-electron chi connectivity index (χ3n) is 3.49. The van der Waals surface area contributed by atoms with Crippen LogP contribution in [0.5, 0.6) is 0 Å². The molecule has 0 spiro atoms. The maximum Gasteiger partial charge on any atom is 0.261 e. The first-order chi connectivity index (χ1) is 9.24. The van der Waals surface area contributed by atoms with E-state index in [1.807, 2.05) is 13.0 Å². The van der Waals surface area contributed by atoms with Gasteiger partial charge < -0.3 is 14.3 Å². The van der Waals surface area contributed by atoms with Gasteiger partial charge in [-0.3, -0.25) is 4.90 Å². The van der Waals surface area contributed by atoms with Crippen LogP contribution in [0, 0.1) is 6.92 Å². The molecular formula is C13H18N4O2. The molecule has 6 nitrogen and oxygen atoms in total. The summed E-state index contributed by atoms with van der Waals surface area (Å²) in [6.07, 6.45) is 1.64. The van der Waals surface area contributed by atoms with Crippen molar-refractivity contribution in [1.82, 2.24) is 20.4 Å². The normalized spacial score (nSPS) is 18.6. The summed E-state index contributed by atoms with van der Waals surface area (Å²) in [6, 6.07) is 2.07. The lowest BCUT2D eigenvalue weighted by atomic mass is 10.2. The largest absolute Gasteiger partial charge is 0.469 e. The van der Waals surface area contributed by atoms with Crippen molar-refractivity contribution < 1.29 is 8.94 Å². The Kier molecular flexibility index (Phi) is 3.35. The van der Waals surface area contributed by atoms with Gasteiger partial charge in [0.1, 0.15) is 12.0 Å². The van der Waals surface area contributed by atoms with Gasteiger partial charge in [-0.25, -0.2) is 0 Å². The fourth-order valence-electron chi connectivity index (χ4n) is 2.31. The van der Waals surface area contributed by atoms with E-state index in [0.29, 0.717) is 5.89 Å². The van der Waals surface area contributed by atoms with Crippen LogP contribution in [0.25, 0.3) is 11.5 Å². The molecule has 2 aromatic rings. The second-order valence-electron chi connectivity index (χ2n) is 4.87. The van der Waals surface area contributed by atoms with Gasteiger partial charge in [-0.1, -0.05) is 5.16 Å². The molecule has 1 atom stereocenters. The second kappa shape index (κ2) is 5.14. The summed E-state index contributed by atoms with van der Waals surface area (Å²) < 4.78 is 10.6. The number of nitrogens with zero attached hydrogens (tertiary/aromatic N) is 3. The molecule has 2 aromatic heterocycles. The maximum absolute atomic E-state index is 5.31. The Morgan fingerprint density at radius 3 is 2.84 bits per heavy atom. The lowest BCUT2D eigenvalue weighted by Crippen LogP contribution is -2.44. The van der Waals surface area contributed by atoms with Crippen molar-refractivity contribution in [2.75, 3.05) is 26.2 Å². The van der Waals surface area contributed by atoms with E-state index in [0.717, 1.165) is 43.3 Å². The lowest BCUT2D eigenvalue weighted by molar-refractivity contribution is 0.176. The number of hydrogen-bond acceptors (Lipinski definition) is 6. The Morgan fingerprint density at radius 1 is 1.37 bits per heavy atom. The van der Waals surface area contributed by atoms with E-state index in [4.69, 9.17) is 8.94 Å². The van der Waals surface area contributed by atoms with Gasteiger partial charge in [0.05, 0.1) is 11.6 Å². The SMILES string of the molecule is Cc1cc(-c2nc(C(C)N3CCNCC3)no2)co1. The van der Waals surface area contributed by atoms with Crippen molar-refractivity contribution in [3.8, 4) is 11.5 Å². The zero-order chi connectivity index (χ0) is 13.2. The van der Waals surface area contributed by atoms with E-state index in [1.54, 1.807) is 6.26 Å². The molecule has 0 radical (unpaired) electrons. The summed E-state index contributed by atoms with van der Waals surface area (Å²) in [4.78, 5) is 6.82. The molecular weight excluding hydrogens is 244 g/mol. The van der Waals surface area contributed by atoms with Gasteiger partial charge in [-0.05, 0) is 19.9 Å². The topological polar surface area (TPSA) is 67.3 Å². The summed E-state index contributed by atoms with van der Waals surface area (Å²) in [5, 5.41) is 7.42. The van der Waals surface area contributed by atoms with Crippen LogP contribution in [0.2, 0.25) is 0 Å². The molecule has 102 valence electrons. The Balaban J connectivity index is 1.76. The molecule has 1 aliphatic rings. The Hall–Kier alpha value is -1.66. The number of furan rings is 1. The third-order valence-corrected chi connectivity index (χ3v) is 3.49. The van der Waals surface area contributed by atoms with Gasteiger partial charge in [-0.15, -0.1) is 0 Å². The lowest BCUT2D eigenvalue weighted by Gasteiger charge is -2.30. The predicted octanol–water partition coefficient (Wildman–Crippen LogP) is 1.60. The van der Waals surface area contributed by atoms with Gasteiger partial charge in [0.2, 0.25) is 0 Å². The minimum atomic E-state index is 0.174. The highest BCUT2D eigenvalue weighted by Gasteiger charge is 2.23. The number of aryl methyl sites for hydroxylation is 1. The van der Waals surface area contributed by atoms with Crippen molar-refractivity contribution in [2.45, 2.75) is 19.9 Å². The molecule has 1 fully saturated rings. The van der Waals surface area contributed by atoms with Gasteiger partial charge in [0, 0.05) is 26.2 Å². The zero-order valence-corrected chi connectivity index (χ0v) is 11.2. The summed E-state index contributed by atoms with van der Waals surface area (Å²) in [5.41, 5.74) is 0.837. The molecule has 1 N–H and O–H groups in total. The number of piperazine rings is 1. The van der Waals surface area contributed by atoms with E-state index in [2.05, 4.69) is 27.3 Å². The summed E-state index contributed by atoms with van der Waals surface area (Å²) in [6.45, 7) is 8.04. The molecule has 3 rings (SSSR count). The van der Waals surface area contributed by atoms with Crippen LogP contribution in [0.15, 0.2) is 21.3 Å². The highest BCUT2D eigenvalue weighted by atomic mass is 16.5. The molecule has 19 heavy (non-hydrogen) atoms. The van der Waals surface area contributed by atoms with Gasteiger partial charge in [0.25, 0.3) is 5.89 Å². The van der Waals surface area contributed by atoms with Crippen molar-refractivity contribution >= 4 is 0 Å². The first kappa shape index (κ1) is 12.4. The fraction of sp³-hybridized carbons (Fsp3) is 0.538. The Morgan fingerprint density at radius 2 is 2.16 bits per heavy atom. The minimum Gasteiger partial charge on any atom is -0.469 e. The summed E-state index contributed by atoms with van der Waals surface area (Å²) in [5.74, 6) is 2.09. The van der Waals surface area contributed by atoms with Crippen molar-refractivity contribution in [3.05, 3.63) is 23.9 Å². The molecule has 0 saturated carbocycles. The molecule has 6 heteroatoms. The van der Waals surface area contributed by atoms with E-state index in [9.17, 15) is 0 Å². The van der Waals surface area contributed by atoms with Crippen LogP contribution in [0.3, 0.4) is 0 Å². The van der Waals surface area contributed by atoms with Gasteiger partial charge in [-0.2, -0.15) is 4.98 Å². The average molecular weight is 262 g/mol. The zero-order valence-electron chi connectivity index (χ0n) is 11.2. The Labute approximate surface area is 111 Å². The molecule has 1 aliphatic heterocycles. The monoisotopic (exact) mass is 262 g/mol. The van der Waals surface area contributed by atoms with Crippen molar-refractivity contribution in [1.29, 1.82) is 0 Å². The highest BCUT2D eigenvalue weighted by molar-refractivity contribution is 5.51. The molecule has 0 amide bonds. The predicted molar refractivity (Wildman–Crippen MR) is 69.6 cm³/mol. The van der Waals surface area contributed by atoms with E-state index >= 15 is 0 Å². The van der Waals surface area contributed by atoms with Crippen LogP contribution in [0.1, 0.15) is 24.6 Å². The summed E-state index contributed by atoms with van der Waals surface area (Å²) >= 11 is 0. The molecule has 1 saturated heterocycles. The van der Waals surface area contributed by atoms with Gasteiger partial charge in [0.15, 0.2) is 5.82 Å². The van der Waals surface area contributed by atoms with E-state index < -0.39 is 0 Å². The second-order valence-corrected chi connectivity index (χ2v) is 4.87. The maximum atomic E-state index is 5.31. The van der Waals surface area contributed by atoms with Crippen LogP contribution in [0.4, 0.5) is 0 Å².